The van der Waals surface area contributed by atoms with Crippen LogP contribution >= 0.6 is 0 Å². The molecule has 214 valence electrons. The smallest absolute Gasteiger partial charge is 0.303 e. The Hall–Kier alpha value is -0.690. The number of fused-ring (bicyclic) bond motifs is 4. The molecule has 0 unspecified atom stereocenters. The summed E-state index contributed by atoms with van der Waals surface area (Å²) in [5.41, 5.74) is -0.756. The Kier molecular flexibility index (Phi) is 4.97. The highest BCUT2D eigenvalue weighted by atomic mass is 16.8. The van der Waals surface area contributed by atoms with Crippen LogP contribution in [0.1, 0.15) is 107 Å². The van der Waals surface area contributed by atoms with Crippen LogP contribution in [0.15, 0.2) is 0 Å². The molecular formula is C32H50O6. The molecule has 7 aliphatic rings. The Morgan fingerprint density at radius 1 is 0.947 bits per heavy atom. The van der Waals surface area contributed by atoms with Crippen LogP contribution in [0.5, 0.6) is 0 Å². The number of aliphatic hydroxyl groups is 2. The number of hydrogen-bond acceptors (Lipinski definition) is 6. The van der Waals surface area contributed by atoms with Crippen LogP contribution in [0, 0.1) is 50.7 Å². The zero-order chi connectivity index (χ0) is 27.5. The summed E-state index contributed by atoms with van der Waals surface area (Å²) in [4.78, 5) is 12.0. The number of rotatable bonds is 2. The van der Waals surface area contributed by atoms with Gasteiger partial charge in [0.2, 0.25) is 0 Å². The lowest BCUT2D eigenvalue weighted by Gasteiger charge is -2.63. The Morgan fingerprint density at radius 2 is 1.61 bits per heavy atom. The minimum Gasteiger partial charge on any atom is -0.457 e. The van der Waals surface area contributed by atoms with Crippen molar-refractivity contribution < 1.29 is 29.2 Å². The van der Waals surface area contributed by atoms with Gasteiger partial charge in [-0.3, -0.25) is 4.79 Å². The number of aliphatic hydroxyl groups excluding tert-OH is 2. The Bertz CT molecular complexity index is 1070. The third-order valence-corrected chi connectivity index (χ3v) is 14.6. The topological polar surface area (TPSA) is 85.2 Å². The minimum atomic E-state index is -1.06. The highest BCUT2D eigenvalue weighted by molar-refractivity contribution is 5.66. The third kappa shape index (κ3) is 2.61. The number of ether oxygens (including phenoxy) is 3. The van der Waals surface area contributed by atoms with Gasteiger partial charge in [-0.1, -0.05) is 34.6 Å². The van der Waals surface area contributed by atoms with E-state index in [4.69, 9.17) is 14.2 Å². The first-order chi connectivity index (χ1) is 17.5. The Labute approximate surface area is 228 Å². The van der Waals surface area contributed by atoms with Gasteiger partial charge in [0.25, 0.3) is 0 Å². The van der Waals surface area contributed by atoms with E-state index in [-0.39, 0.29) is 45.8 Å². The van der Waals surface area contributed by atoms with E-state index in [1.54, 1.807) is 0 Å². The van der Waals surface area contributed by atoms with Gasteiger partial charge in [-0.2, -0.15) is 0 Å². The van der Waals surface area contributed by atoms with Crippen molar-refractivity contribution in [3.63, 3.8) is 0 Å². The van der Waals surface area contributed by atoms with Crippen molar-refractivity contribution in [3.8, 4) is 0 Å². The van der Waals surface area contributed by atoms with E-state index in [9.17, 15) is 15.0 Å². The zero-order valence-electron chi connectivity index (χ0n) is 24.8. The van der Waals surface area contributed by atoms with E-state index in [0.717, 1.165) is 38.5 Å². The molecule has 38 heavy (non-hydrogen) atoms. The van der Waals surface area contributed by atoms with Crippen molar-refractivity contribution >= 4 is 5.97 Å². The predicted molar refractivity (Wildman–Crippen MR) is 142 cm³/mol. The third-order valence-electron chi connectivity index (χ3n) is 14.6. The summed E-state index contributed by atoms with van der Waals surface area (Å²) in [5, 5.41) is 23.6. The predicted octanol–water partition coefficient (Wildman–Crippen LogP) is 5.23. The quantitative estimate of drug-likeness (QED) is 0.476. The van der Waals surface area contributed by atoms with Crippen molar-refractivity contribution in [1.82, 2.24) is 0 Å². The molecule has 0 aromatic rings. The molecule has 7 rings (SSSR count). The summed E-state index contributed by atoms with van der Waals surface area (Å²) in [7, 11) is 0. The van der Waals surface area contributed by atoms with Gasteiger partial charge in [0.05, 0.1) is 12.2 Å². The van der Waals surface area contributed by atoms with E-state index >= 15 is 0 Å². The molecule has 2 saturated heterocycles. The normalized spacial score (nSPS) is 59.6. The molecule has 0 amide bonds. The van der Waals surface area contributed by atoms with Crippen LogP contribution in [0.25, 0.3) is 0 Å². The van der Waals surface area contributed by atoms with Crippen LogP contribution in [0.2, 0.25) is 0 Å². The number of esters is 1. The zero-order valence-corrected chi connectivity index (χ0v) is 24.8. The largest absolute Gasteiger partial charge is 0.457 e. The molecule has 13 atom stereocenters. The molecule has 3 spiro atoms. The van der Waals surface area contributed by atoms with Gasteiger partial charge >= 0.3 is 5.97 Å². The van der Waals surface area contributed by atoms with E-state index < -0.39 is 23.6 Å². The van der Waals surface area contributed by atoms with Gasteiger partial charge in [-0.25, -0.2) is 0 Å². The maximum absolute atomic E-state index is 12.6. The van der Waals surface area contributed by atoms with Crippen molar-refractivity contribution in [2.75, 3.05) is 0 Å². The summed E-state index contributed by atoms with van der Waals surface area (Å²) < 4.78 is 19.6. The fourth-order valence-corrected chi connectivity index (χ4v) is 13.1. The molecule has 0 aromatic carbocycles. The lowest BCUT2D eigenvalue weighted by molar-refractivity contribution is -0.283. The standard InChI is InChI=1S/C32H50O6/c1-17-15-19-24(27(5,6)36-18(2)33)38-32(37-19)23(17)28(7)13-14-31-16-30(31)12-11-22(34)26(3,4)20(30)9-10-21(31)29(28,8)25(32)35/h17,19-25,34-35H,9-16H2,1-8H3/t17-,19-,20+,21+,22+,23-,24+,25-,28-,29-,30-,31+,32+/m1/s1. The maximum Gasteiger partial charge on any atom is 0.303 e. The molecule has 0 aromatic heterocycles. The molecule has 2 bridgehead atoms. The summed E-state index contributed by atoms with van der Waals surface area (Å²) in [6, 6.07) is 0. The number of carbonyl (C=O) groups excluding carboxylic acids is 1. The molecular weight excluding hydrogens is 480 g/mol. The summed E-state index contributed by atoms with van der Waals surface area (Å²) in [6.45, 7) is 17.0. The Morgan fingerprint density at radius 3 is 2.29 bits per heavy atom. The maximum atomic E-state index is 12.6. The SMILES string of the molecule is CC(=O)OC(C)(C)[C@H]1O[C@@]23O[C@@H]1C[C@@H](C)[C@@H]2[C@@]1(C)CC[C@@]24C[C@@]25CC[C@H](O)C(C)(C)[C@@H]5CC[C@H]4[C@]1(C)[C@H]3O. The molecule has 6 heteroatoms. The van der Waals surface area contributed by atoms with Crippen LogP contribution in [-0.2, 0) is 19.0 Å². The van der Waals surface area contributed by atoms with Crippen LogP contribution < -0.4 is 0 Å². The second-order valence-corrected chi connectivity index (χ2v) is 16.5. The number of carbonyl (C=O) groups is 1. The molecule has 5 aliphatic carbocycles. The summed E-state index contributed by atoms with van der Waals surface area (Å²) >= 11 is 0. The molecule has 7 fully saturated rings. The van der Waals surface area contributed by atoms with Gasteiger partial charge in [0, 0.05) is 18.3 Å². The molecule has 5 saturated carbocycles. The number of hydrogen-bond donors (Lipinski definition) is 2. The summed E-state index contributed by atoms with van der Waals surface area (Å²) in [5.74, 6) is 0.0392. The lowest BCUT2D eigenvalue weighted by Crippen LogP contribution is -2.60. The first-order valence-electron chi connectivity index (χ1n) is 15.4. The molecule has 2 aliphatic heterocycles. The molecule has 0 radical (unpaired) electrons. The van der Waals surface area contributed by atoms with Crippen molar-refractivity contribution in [1.29, 1.82) is 0 Å². The van der Waals surface area contributed by atoms with Gasteiger partial charge in [-0.15, -0.1) is 0 Å². The first-order valence-corrected chi connectivity index (χ1v) is 15.4. The van der Waals surface area contributed by atoms with Crippen LogP contribution in [-0.4, -0.2) is 52.0 Å². The van der Waals surface area contributed by atoms with E-state index in [0.29, 0.717) is 23.2 Å². The van der Waals surface area contributed by atoms with Crippen LogP contribution in [0.3, 0.4) is 0 Å². The van der Waals surface area contributed by atoms with Crippen LogP contribution in [0.4, 0.5) is 0 Å². The molecule has 2 heterocycles. The van der Waals surface area contributed by atoms with E-state index in [1.165, 1.54) is 19.8 Å². The average molecular weight is 531 g/mol. The van der Waals surface area contributed by atoms with Gasteiger partial charge in [-0.05, 0) is 105 Å². The van der Waals surface area contributed by atoms with Crippen molar-refractivity contribution in [2.24, 2.45) is 50.7 Å². The van der Waals surface area contributed by atoms with E-state index in [1.807, 2.05) is 13.8 Å². The first kappa shape index (κ1) is 26.2. The fourth-order valence-electron chi connectivity index (χ4n) is 13.1. The highest BCUT2D eigenvalue weighted by Gasteiger charge is 2.88. The Balaban J connectivity index is 1.30. The van der Waals surface area contributed by atoms with E-state index in [2.05, 4.69) is 34.6 Å². The monoisotopic (exact) mass is 530 g/mol. The molecule has 6 nitrogen and oxygen atoms in total. The highest BCUT2D eigenvalue weighted by Crippen LogP contribution is 2.90. The lowest BCUT2D eigenvalue weighted by atomic mass is 9.41. The van der Waals surface area contributed by atoms with Gasteiger partial charge < -0.3 is 24.4 Å². The summed E-state index contributed by atoms with van der Waals surface area (Å²) in [6.07, 6.45) is 7.12. The van der Waals surface area contributed by atoms with Gasteiger partial charge in [0.1, 0.15) is 17.8 Å². The van der Waals surface area contributed by atoms with Gasteiger partial charge in [0.15, 0.2) is 5.79 Å². The van der Waals surface area contributed by atoms with Crippen molar-refractivity contribution in [3.05, 3.63) is 0 Å². The average Bonchev–Trinajstić information content (AvgIpc) is 3.33. The van der Waals surface area contributed by atoms with Crippen molar-refractivity contribution in [2.45, 2.75) is 143 Å². The fraction of sp³-hybridized carbons (Fsp3) is 0.969. The minimum absolute atomic E-state index is 0.0513. The second kappa shape index (κ2) is 7.20. The molecule has 2 N–H and O–H groups in total. The second-order valence-electron chi connectivity index (χ2n) is 16.5.